The van der Waals surface area contributed by atoms with Crippen LogP contribution in [0.25, 0.3) is 0 Å². The van der Waals surface area contributed by atoms with Gasteiger partial charge in [-0.1, -0.05) is 38.1 Å². The Kier molecular flexibility index (Phi) is 5.64. The molecule has 0 aliphatic heterocycles. The summed E-state index contributed by atoms with van der Waals surface area (Å²) in [4.78, 5) is 0. The maximum atomic E-state index is 5.72. The minimum Gasteiger partial charge on any atom is -0.490 e. The van der Waals surface area contributed by atoms with Gasteiger partial charge in [0.25, 0.3) is 0 Å². The van der Waals surface area contributed by atoms with Crippen LogP contribution < -0.4 is 15.2 Å². The molecule has 2 aromatic rings. The van der Waals surface area contributed by atoms with Crippen molar-refractivity contribution in [2.45, 2.75) is 26.3 Å². The molecule has 112 valence electrons. The molecule has 0 aliphatic rings. The summed E-state index contributed by atoms with van der Waals surface area (Å²) in [5.74, 6) is 2.24. The van der Waals surface area contributed by atoms with Crippen LogP contribution >= 0.6 is 0 Å². The molecular formula is C18H23NO2. The Morgan fingerprint density at radius 2 is 1.57 bits per heavy atom. The standard InChI is InChI=1S/C18H23NO2/c1-14(2)16-4-3-5-18(12-16)21-11-10-20-17-8-6-15(13-19)7-9-17/h3-9,12,14H,10-11,13,19H2,1-2H3. The molecule has 0 atom stereocenters. The second-order valence-corrected chi connectivity index (χ2v) is 5.27. The Morgan fingerprint density at radius 1 is 0.905 bits per heavy atom. The number of rotatable bonds is 7. The van der Waals surface area contributed by atoms with Gasteiger partial charge in [0.1, 0.15) is 24.7 Å². The van der Waals surface area contributed by atoms with Crippen LogP contribution in [0.15, 0.2) is 48.5 Å². The van der Waals surface area contributed by atoms with Crippen LogP contribution in [0, 0.1) is 0 Å². The lowest BCUT2D eigenvalue weighted by molar-refractivity contribution is 0.217. The van der Waals surface area contributed by atoms with Gasteiger partial charge in [0.2, 0.25) is 0 Å². The summed E-state index contributed by atoms with van der Waals surface area (Å²) in [6, 6.07) is 16.0. The molecule has 0 amide bonds. The van der Waals surface area contributed by atoms with E-state index in [1.165, 1.54) is 5.56 Å². The normalized spacial score (nSPS) is 10.7. The first-order valence-corrected chi connectivity index (χ1v) is 7.33. The molecule has 21 heavy (non-hydrogen) atoms. The van der Waals surface area contributed by atoms with Crippen molar-refractivity contribution in [2.75, 3.05) is 13.2 Å². The zero-order valence-corrected chi connectivity index (χ0v) is 12.7. The summed E-state index contributed by atoms with van der Waals surface area (Å²) in [5.41, 5.74) is 7.94. The average Bonchev–Trinajstić information content (AvgIpc) is 2.52. The molecule has 0 unspecified atom stereocenters. The van der Waals surface area contributed by atoms with Crippen LogP contribution in [0.1, 0.15) is 30.9 Å². The van der Waals surface area contributed by atoms with Gasteiger partial charge in [-0.3, -0.25) is 0 Å². The lowest BCUT2D eigenvalue weighted by atomic mass is 10.0. The van der Waals surface area contributed by atoms with Gasteiger partial charge in [0, 0.05) is 6.54 Å². The molecule has 0 aliphatic carbocycles. The molecule has 0 heterocycles. The molecule has 0 spiro atoms. The molecule has 2 rings (SSSR count). The van der Waals surface area contributed by atoms with E-state index in [9.17, 15) is 0 Å². The summed E-state index contributed by atoms with van der Waals surface area (Å²) >= 11 is 0. The quantitative estimate of drug-likeness (QED) is 0.788. The van der Waals surface area contributed by atoms with Gasteiger partial charge in [-0.15, -0.1) is 0 Å². The molecule has 3 heteroatoms. The highest BCUT2D eigenvalue weighted by Crippen LogP contribution is 2.20. The molecule has 3 nitrogen and oxygen atoms in total. The van der Waals surface area contributed by atoms with Crippen molar-refractivity contribution < 1.29 is 9.47 Å². The molecular weight excluding hydrogens is 262 g/mol. The van der Waals surface area contributed by atoms with Gasteiger partial charge in [-0.2, -0.15) is 0 Å². The Labute approximate surface area is 126 Å². The van der Waals surface area contributed by atoms with Gasteiger partial charge in [-0.25, -0.2) is 0 Å². The van der Waals surface area contributed by atoms with E-state index in [4.69, 9.17) is 15.2 Å². The highest BCUT2D eigenvalue weighted by molar-refractivity contribution is 5.30. The Morgan fingerprint density at radius 3 is 2.19 bits per heavy atom. The van der Waals surface area contributed by atoms with Gasteiger partial charge in [0.05, 0.1) is 0 Å². The van der Waals surface area contributed by atoms with E-state index in [1.807, 2.05) is 36.4 Å². The minimum atomic E-state index is 0.505. The van der Waals surface area contributed by atoms with Crippen LogP contribution in [0.5, 0.6) is 11.5 Å². The zero-order chi connectivity index (χ0) is 15.1. The van der Waals surface area contributed by atoms with E-state index < -0.39 is 0 Å². The van der Waals surface area contributed by atoms with Crippen molar-refractivity contribution in [3.8, 4) is 11.5 Å². The van der Waals surface area contributed by atoms with Gasteiger partial charge in [-0.05, 0) is 41.3 Å². The van der Waals surface area contributed by atoms with Crippen LogP contribution in [0.4, 0.5) is 0 Å². The third-order valence-corrected chi connectivity index (χ3v) is 3.30. The van der Waals surface area contributed by atoms with E-state index in [-0.39, 0.29) is 0 Å². The first kappa shape index (κ1) is 15.4. The average molecular weight is 285 g/mol. The number of hydrogen-bond acceptors (Lipinski definition) is 3. The molecule has 0 radical (unpaired) electrons. The van der Waals surface area contributed by atoms with E-state index in [0.29, 0.717) is 25.7 Å². The SMILES string of the molecule is CC(C)c1cccc(OCCOc2ccc(CN)cc2)c1. The fourth-order valence-corrected chi connectivity index (χ4v) is 2.00. The van der Waals surface area contributed by atoms with Crippen molar-refractivity contribution in [1.82, 2.24) is 0 Å². The third-order valence-electron chi connectivity index (χ3n) is 3.30. The molecule has 0 bridgehead atoms. The highest BCUT2D eigenvalue weighted by Gasteiger charge is 2.01. The van der Waals surface area contributed by atoms with Crippen molar-refractivity contribution >= 4 is 0 Å². The summed E-state index contributed by atoms with van der Waals surface area (Å²) in [7, 11) is 0. The summed E-state index contributed by atoms with van der Waals surface area (Å²) < 4.78 is 11.4. The minimum absolute atomic E-state index is 0.505. The Balaban J connectivity index is 1.77. The lowest BCUT2D eigenvalue weighted by Crippen LogP contribution is -2.09. The number of nitrogens with two attached hydrogens (primary N) is 1. The lowest BCUT2D eigenvalue weighted by Gasteiger charge is -2.11. The van der Waals surface area contributed by atoms with E-state index >= 15 is 0 Å². The zero-order valence-electron chi connectivity index (χ0n) is 12.7. The summed E-state index contributed by atoms with van der Waals surface area (Å²) in [6.07, 6.45) is 0. The first-order valence-electron chi connectivity index (χ1n) is 7.33. The molecule has 2 aromatic carbocycles. The van der Waals surface area contributed by atoms with Gasteiger partial charge in [0.15, 0.2) is 0 Å². The molecule has 0 saturated heterocycles. The number of hydrogen-bond donors (Lipinski definition) is 1. The molecule has 0 aromatic heterocycles. The highest BCUT2D eigenvalue weighted by atomic mass is 16.5. The largest absolute Gasteiger partial charge is 0.490 e. The fourth-order valence-electron chi connectivity index (χ4n) is 2.00. The van der Waals surface area contributed by atoms with Crippen molar-refractivity contribution in [3.63, 3.8) is 0 Å². The van der Waals surface area contributed by atoms with E-state index in [1.54, 1.807) is 0 Å². The fraction of sp³-hybridized carbons (Fsp3) is 0.333. The smallest absolute Gasteiger partial charge is 0.122 e. The maximum absolute atomic E-state index is 5.72. The van der Waals surface area contributed by atoms with Crippen molar-refractivity contribution in [2.24, 2.45) is 5.73 Å². The number of benzene rings is 2. The monoisotopic (exact) mass is 285 g/mol. The topological polar surface area (TPSA) is 44.5 Å². The summed E-state index contributed by atoms with van der Waals surface area (Å²) in [5, 5.41) is 0. The van der Waals surface area contributed by atoms with Gasteiger partial charge >= 0.3 is 0 Å². The van der Waals surface area contributed by atoms with Crippen LogP contribution in [0.3, 0.4) is 0 Å². The van der Waals surface area contributed by atoms with Crippen LogP contribution in [-0.4, -0.2) is 13.2 Å². The summed E-state index contributed by atoms with van der Waals surface area (Å²) in [6.45, 7) is 5.95. The van der Waals surface area contributed by atoms with E-state index in [0.717, 1.165) is 17.1 Å². The van der Waals surface area contributed by atoms with Crippen molar-refractivity contribution in [3.05, 3.63) is 59.7 Å². The van der Waals surface area contributed by atoms with Gasteiger partial charge < -0.3 is 15.2 Å². The van der Waals surface area contributed by atoms with Crippen LogP contribution in [0.2, 0.25) is 0 Å². The van der Waals surface area contributed by atoms with E-state index in [2.05, 4.69) is 26.0 Å². The Bertz CT molecular complexity index is 549. The van der Waals surface area contributed by atoms with Crippen LogP contribution in [-0.2, 0) is 6.54 Å². The first-order chi connectivity index (χ1) is 10.2. The molecule has 0 saturated carbocycles. The predicted molar refractivity (Wildman–Crippen MR) is 85.9 cm³/mol. The maximum Gasteiger partial charge on any atom is 0.122 e. The second kappa shape index (κ2) is 7.70. The van der Waals surface area contributed by atoms with Crippen molar-refractivity contribution in [1.29, 1.82) is 0 Å². The Hall–Kier alpha value is -2.00. The molecule has 2 N–H and O–H groups in total. The molecule has 0 fully saturated rings. The third kappa shape index (κ3) is 4.80. The number of ether oxygens (including phenoxy) is 2. The predicted octanol–water partition coefficient (Wildman–Crippen LogP) is 3.73. The second-order valence-electron chi connectivity index (χ2n) is 5.27.